The van der Waals surface area contributed by atoms with E-state index in [2.05, 4.69) is 5.32 Å². The van der Waals surface area contributed by atoms with Crippen molar-refractivity contribution in [3.05, 3.63) is 21.9 Å². The van der Waals surface area contributed by atoms with Crippen LogP contribution in [0.15, 0.2) is 12.1 Å². The second-order valence-corrected chi connectivity index (χ2v) is 5.78. The van der Waals surface area contributed by atoms with Crippen molar-refractivity contribution in [2.45, 2.75) is 38.8 Å². The number of nitrogens with one attached hydrogen (secondary N) is 1. The fraction of sp³-hybridized carbons (Fsp3) is 0.500. The lowest BCUT2D eigenvalue weighted by Gasteiger charge is -2.16. The van der Waals surface area contributed by atoms with Gasteiger partial charge in [-0.3, -0.25) is 9.59 Å². The Kier molecular flexibility index (Phi) is 7.66. The largest absolute Gasteiger partial charge is 0.370 e. The van der Waals surface area contributed by atoms with Gasteiger partial charge < -0.3 is 16.8 Å². The molecule has 1 rings (SSSR count). The van der Waals surface area contributed by atoms with E-state index in [1.165, 1.54) is 9.75 Å². The van der Waals surface area contributed by atoms with E-state index in [9.17, 15) is 9.59 Å². The molecule has 0 saturated heterocycles. The van der Waals surface area contributed by atoms with Crippen LogP contribution in [-0.2, 0) is 16.0 Å². The quantitative estimate of drug-likeness (QED) is 0.722. The molecule has 108 valence electrons. The molecule has 5 N–H and O–H groups in total. The topological polar surface area (TPSA) is 98.2 Å². The van der Waals surface area contributed by atoms with Crippen LogP contribution in [0.25, 0.3) is 0 Å². The predicted octanol–water partition coefficient (Wildman–Crippen LogP) is 0.728. The first kappa shape index (κ1) is 17.9. The Balaban J connectivity index is 0.00000324. The van der Waals surface area contributed by atoms with E-state index in [1.807, 2.05) is 26.0 Å². The molecule has 0 saturated carbocycles. The average molecular weight is 306 g/mol. The zero-order valence-corrected chi connectivity index (χ0v) is 12.6. The van der Waals surface area contributed by atoms with Crippen LogP contribution in [0.1, 0.15) is 23.1 Å². The molecule has 1 aromatic heterocycles. The highest BCUT2D eigenvalue weighted by molar-refractivity contribution is 7.11. The summed E-state index contributed by atoms with van der Waals surface area (Å²) in [4.78, 5) is 24.8. The summed E-state index contributed by atoms with van der Waals surface area (Å²) in [5.74, 6) is -0.909. The van der Waals surface area contributed by atoms with E-state index in [0.29, 0.717) is 0 Å². The maximum Gasteiger partial charge on any atom is 0.237 e. The number of primary amides is 1. The van der Waals surface area contributed by atoms with Crippen molar-refractivity contribution in [3.8, 4) is 0 Å². The van der Waals surface area contributed by atoms with Crippen molar-refractivity contribution >= 4 is 35.6 Å². The Morgan fingerprint density at radius 2 is 2.05 bits per heavy atom. The summed E-state index contributed by atoms with van der Waals surface area (Å²) in [6.45, 7) is 3.95. The van der Waals surface area contributed by atoms with E-state index in [1.54, 1.807) is 11.3 Å². The van der Waals surface area contributed by atoms with Crippen LogP contribution >= 0.6 is 23.7 Å². The molecular weight excluding hydrogens is 286 g/mol. The molecular formula is C12H20ClN3O2S. The molecule has 0 bridgehead atoms. The molecule has 0 fully saturated rings. The van der Waals surface area contributed by atoms with Gasteiger partial charge in [0.05, 0.1) is 12.5 Å². The molecule has 0 aliphatic heterocycles. The minimum Gasteiger partial charge on any atom is -0.370 e. The lowest BCUT2D eigenvalue weighted by molar-refractivity contribution is -0.126. The molecule has 2 unspecified atom stereocenters. The summed E-state index contributed by atoms with van der Waals surface area (Å²) < 4.78 is 0. The van der Waals surface area contributed by atoms with Crippen molar-refractivity contribution < 1.29 is 9.59 Å². The van der Waals surface area contributed by atoms with Gasteiger partial charge >= 0.3 is 0 Å². The van der Waals surface area contributed by atoms with Crippen LogP contribution in [0.2, 0.25) is 0 Å². The number of rotatable bonds is 6. The van der Waals surface area contributed by atoms with Crippen molar-refractivity contribution in [2.75, 3.05) is 0 Å². The Morgan fingerprint density at radius 1 is 1.42 bits per heavy atom. The van der Waals surface area contributed by atoms with E-state index in [-0.39, 0.29) is 30.8 Å². The standard InChI is InChI=1S/C12H19N3O2S.ClH/c1-7(5-9-4-3-8(2)18-9)15-12(17)10(13)6-11(14)16;/h3-4,7,10H,5-6,13H2,1-2H3,(H2,14,16)(H,15,17);1H. The second-order valence-electron chi connectivity index (χ2n) is 4.40. The first-order valence-electron chi connectivity index (χ1n) is 5.78. The van der Waals surface area contributed by atoms with Gasteiger partial charge in [0.2, 0.25) is 11.8 Å². The first-order chi connectivity index (χ1) is 8.38. The molecule has 0 radical (unpaired) electrons. The average Bonchev–Trinajstić information content (AvgIpc) is 2.62. The number of carbonyl (C=O) groups is 2. The van der Waals surface area contributed by atoms with E-state index in [4.69, 9.17) is 11.5 Å². The number of hydrogen-bond acceptors (Lipinski definition) is 4. The summed E-state index contributed by atoms with van der Waals surface area (Å²) in [7, 11) is 0. The summed E-state index contributed by atoms with van der Waals surface area (Å²) in [5, 5.41) is 2.78. The van der Waals surface area contributed by atoms with Crippen molar-refractivity contribution in [2.24, 2.45) is 11.5 Å². The van der Waals surface area contributed by atoms with E-state index in [0.717, 1.165) is 6.42 Å². The maximum atomic E-state index is 11.6. The molecule has 19 heavy (non-hydrogen) atoms. The fourth-order valence-electron chi connectivity index (χ4n) is 1.61. The monoisotopic (exact) mass is 305 g/mol. The van der Waals surface area contributed by atoms with Gasteiger partial charge in [0.25, 0.3) is 0 Å². The van der Waals surface area contributed by atoms with Gasteiger partial charge in [0, 0.05) is 22.2 Å². The van der Waals surface area contributed by atoms with E-state index < -0.39 is 11.9 Å². The second kappa shape index (κ2) is 8.14. The zero-order valence-electron chi connectivity index (χ0n) is 11.0. The van der Waals surface area contributed by atoms with Gasteiger partial charge in [-0.05, 0) is 26.0 Å². The number of aryl methyl sites for hydroxylation is 1. The van der Waals surface area contributed by atoms with Gasteiger partial charge in [-0.15, -0.1) is 23.7 Å². The summed E-state index contributed by atoms with van der Waals surface area (Å²) in [5.41, 5.74) is 10.5. The third kappa shape index (κ3) is 6.56. The maximum absolute atomic E-state index is 11.6. The Hall–Kier alpha value is -1.11. The number of nitrogens with two attached hydrogens (primary N) is 2. The minimum absolute atomic E-state index is 0. The lowest BCUT2D eigenvalue weighted by Crippen LogP contribution is -2.46. The molecule has 0 aliphatic rings. The SMILES string of the molecule is Cc1ccc(CC(C)NC(=O)C(N)CC(N)=O)s1.Cl. The third-order valence-corrected chi connectivity index (χ3v) is 3.47. The smallest absolute Gasteiger partial charge is 0.237 e. The highest BCUT2D eigenvalue weighted by atomic mass is 35.5. The van der Waals surface area contributed by atoms with E-state index >= 15 is 0 Å². The van der Waals surface area contributed by atoms with Crippen LogP contribution in [-0.4, -0.2) is 23.9 Å². The normalized spacial score (nSPS) is 13.2. The van der Waals surface area contributed by atoms with Crippen LogP contribution in [0.3, 0.4) is 0 Å². The Bertz CT molecular complexity index is 436. The van der Waals surface area contributed by atoms with Gasteiger partial charge in [-0.2, -0.15) is 0 Å². The molecule has 7 heteroatoms. The Labute approximate surface area is 123 Å². The number of hydrogen-bond donors (Lipinski definition) is 3. The van der Waals surface area contributed by atoms with Crippen molar-refractivity contribution in [3.63, 3.8) is 0 Å². The fourth-order valence-corrected chi connectivity index (χ4v) is 2.63. The predicted molar refractivity (Wildman–Crippen MR) is 79.4 cm³/mol. The first-order valence-corrected chi connectivity index (χ1v) is 6.59. The number of thiophene rings is 1. The van der Waals surface area contributed by atoms with Crippen molar-refractivity contribution in [1.82, 2.24) is 5.32 Å². The van der Waals surface area contributed by atoms with Crippen LogP contribution < -0.4 is 16.8 Å². The molecule has 2 amide bonds. The molecule has 1 heterocycles. The number of halogens is 1. The molecule has 1 aromatic rings. The summed E-state index contributed by atoms with van der Waals surface area (Å²) in [6, 6.07) is 3.21. The lowest BCUT2D eigenvalue weighted by atomic mass is 10.1. The number of amides is 2. The van der Waals surface area contributed by atoms with Crippen LogP contribution in [0.4, 0.5) is 0 Å². The third-order valence-electron chi connectivity index (χ3n) is 2.45. The van der Waals surface area contributed by atoms with Crippen molar-refractivity contribution in [1.29, 1.82) is 0 Å². The molecule has 0 aromatic carbocycles. The van der Waals surface area contributed by atoms with Crippen LogP contribution in [0.5, 0.6) is 0 Å². The highest BCUT2D eigenvalue weighted by Gasteiger charge is 2.18. The van der Waals surface area contributed by atoms with Gasteiger partial charge in [-0.1, -0.05) is 0 Å². The zero-order chi connectivity index (χ0) is 13.7. The Morgan fingerprint density at radius 3 is 2.53 bits per heavy atom. The molecule has 0 aliphatic carbocycles. The van der Waals surface area contributed by atoms with Gasteiger partial charge in [0.15, 0.2) is 0 Å². The molecule has 2 atom stereocenters. The number of carbonyl (C=O) groups excluding carboxylic acids is 2. The highest BCUT2D eigenvalue weighted by Crippen LogP contribution is 2.16. The van der Waals surface area contributed by atoms with Gasteiger partial charge in [0.1, 0.15) is 0 Å². The molecule has 5 nitrogen and oxygen atoms in total. The van der Waals surface area contributed by atoms with Crippen LogP contribution in [0, 0.1) is 6.92 Å². The molecule has 0 spiro atoms. The van der Waals surface area contributed by atoms with Gasteiger partial charge in [-0.25, -0.2) is 0 Å². The minimum atomic E-state index is -0.866. The summed E-state index contributed by atoms with van der Waals surface area (Å²) in [6.07, 6.45) is 0.629. The summed E-state index contributed by atoms with van der Waals surface area (Å²) >= 11 is 1.71.